The predicted molar refractivity (Wildman–Crippen MR) is 91.7 cm³/mol. The molecule has 16 heteroatoms. The molecular formula is C14H12ClF5N6O2SZn. The molecule has 0 fully saturated rings. The van der Waals surface area contributed by atoms with Crippen molar-refractivity contribution in [1.82, 2.24) is 29.3 Å². The zero-order chi connectivity index (χ0) is 22.6. The standard InChI is InChI=1S/C14H12F5N6O2S.ClH.Zn/c1-4-28(26,27)12-9(20-6-24(12)2)11-21-7-5-8(13(15,16)14(17,18)19)22-23-10(7)25(11)3;;/h5H,4H2,1-3H3;1H;/q;;+1/p-1. The summed E-state index contributed by atoms with van der Waals surface area (Å²) in [6, 6.07) is 0.469. The van der Waals surface area contributed by atoms with E-state index in [-0.39, 0.29) is 33.5 Å². The first kappa shape index (κ1) is 22.9. The molecule has 0 aromatic carbocycles. The Hall–Kier alpha value is -1.73. The van der Waals surface area contributed by atoms with Gasteiger partial charge in [-0.05, 0) is 0 Å². The molecule has 0 unspecified atom stereocenters. The van der Waals surface area contributed by atoms with Crippen LogP contribution >= 0.6 is 9.69 Å². The molecule has 30 heavy (non-hydrogen) atoms. The van der Waals surface area contributed by atoms with Gasteiger partial charge in [-0.25, -0.2) is 0 Å². The van der Waals surface area contributed by atoms with E-state index in [1.807, 2.05) is 0 Å². The fourth-order valence-corrected chi connectivity index (χ4v) is 6.66. The third-order valence-corrected chi connectivity index (χ3v) is 9.32. The van der Waals surface area contributed by atoms with Crippen LogP contribution in [0.3, 0.4) is 0 Å². The van der Waals surface area contributed by atoms with Crippen LogP contribution in [0, 0.1) is 0 Å². The molecule has 8 nitrogen and oxygen atoms in total. The Bertz CT molecular complexity index is 1240. The number of aryl methyl sites for hydroxylation is 1. The summed E-state index contributed by atoms with van der Waals surface area (Å²) in [5.74, 6) is -5.56. The number of alkyl halides is 5. The van der Waals surface area contributed by atoms with Crippen LogP contribution in [0.2, 0.25) is 0 Å². The summed E-state index contributed by atoms with van der Waals surface area (Å²) >= 11 is -1.87. The summed E-state index contributed by atoms with van der Waals surface area (Å²) in [4.78, 5) is 8.29. The molecule has 0 saturated carbocycles. The van der Waals surface area contributed by atoms with Crippen molar-refractivity contribution in [2.24, 2.45) is 14.1 Å². The van der Waals surface area contributed by atoms with Crippen molar-refractivity contribution in [3.63, 3.8) is 0 Å². The maximum atomic E-state index is 13.6. The second-order valence-electron chi connectivity index (χ2n) is 6.28. The van der Waals surface area contributed by atoms with E-state index >= 15 is 0 Å². The summed E-state index contributed by atoms with van der Waals surface area (Å²) in [6.45, 7) is 1.43. The van der Waals surface area contributed by atoms with E-state index in [4.69, 9.17) is 9.69 Å². The molecule has 0 spiro atoms. The first-order valence-corrected chi connectivity index (χ1v) is 15.3. The van der Waals surface area contributed by atoms with Crippen molar-refractivity contribution in [3.8, 4) is 11.5 Å². The van der Waals surface area contributed by atoms with Gasteiger partial charge < -0.3 is 0 Å². The first-order valence-electron chi connectivity index (χ1n) is 8.26. The van der Waals surface area contributed by atoms with Crippen LogP contribution in [-0.2, 0) is 46.0 Å². The second-order valence-corrected chi connectivity index (χ2v) is 11.8. The Morgan fingerprint density at radius 2 is 1.73 bits per heavy atom. The zero-order valence-corrected chi connectivity index (χ0v) is 20.2. The van der Waals surface area contributed by atoms with Gasteiger partial charge in [-0.1, -0.05) is 0 Å². The maximum absolute atomic E-state index is 13.6. The summed E-state index contributed by atoms with van der Waals surface area (Å²) in [5.41, 5.74) is -2.14. The topological polar surface area (TPSA) is 95.6 Å². The van der Waals surface area contributed by atoms with Gasteiger partial charge in [-0.3, -0.25) is 0 Å². The molecule has 3 aromatic rings. The molecule has 0 aliphatic heterocycles. The van der Waals surface area contributed by atoms with Crippen LogP contribution in [0.1, 0.15) is 12.6 Å². The molecule has 3 heterocycles. The fraction of sp³-hybridized carbons (Fsp3) is 0.429. The monoisotopic (exact) mass is 522 g/mol. The zero-order valence-electron chi connectivity index (χ0n) is 15.7. The summed E-state index contributed by atoms with van der Waals surface area (Å²) in [6.07, 6.45) is -5.86. The third-order valence-electron chi connectivity index (χ3n) is 4.44. The summed E-state index contributed by atoms with van der Waals surface area (Å²) in [7, 11) is 5.08. The van der Waals surface area contributed by atoms with Crippen LogP contribution in [0.15, 0.2) is 11.1 Å². The molecule has 0 amide bonds. The number of imidazole rings is 2. The quantitative estimate of drug-likeness (QED) is 0.375. The summed E-state index contributed by atoms with van der Waals surface area (Å²) < 4.78 is 93.3. The van der Waals surface area contributed by atoms with Gasteiger partial charge in [-0.2, -0.15) is 0 Å². The van der Waals surface area contributed by atoms with E-state index in [1.54, 1.807) is 0 Å². The van der Waals surface area contributed by atoms with Crippen molar-refractivity contribution < 1.29 is 46.5 Å². The third kappa shape index (κ3) is 3.50. The summed E-state index contributed by atoms with van der Waals surface area (Å²) in [5, 5.41) is 6.27. The molecular weight excluding hydrogens is 512 g/mol. The van der Waals surface area contributed by atoms with Gasteiger partial charge >= 0.3 is 178 Å². The Labute approximate surface area is 178 Å². The first-order chi connectivity index (χ1) is 13.8. The van der Waals surface area contributed by atoms with Crippen LogP contribution in [-0.4, -0.2) is 49.6 Å². The van der Waals surface area contributed by atoms with Crippen molar-refractivity contribution in [1.29, 1.82) is 0 Å². The molecule has 3 rings (SSSR count). The SMILES string of the molecule is CCS(=O)(=O)c1c(-c2nc3cc(C(F)(F)C(F)(F)F)nnc3n2C)n[c]([Zn][Cl])n1C. The molecule has 160 valence electrons. The molecule has 0 bridgehead atoms. The Balaban J connectivity index is 2.28. The average Bonchev–Trinajstić information content (AvgIpc) is 3.17. The molecule has 0 aliphatic rings. The molecule has 0 radical (unpaired) electrons. The van der Waals surface area contributed by atoms with Crippen LogP contribution in [0.4, 0.5) is 22.0 Å². The number of hydrogen-bond acceptors (Lipinski definition) is 6. The van der Waals surface area contributed by atoms with E-state index in [9.17, 15) is 30.4 Å². The Kier molecular flexibility index (Phi) is 5.70. The average molecular weight is 524 g/mol. The van der Waals surface area contributed by atoms with E-state index in [2.05, 4.69) is 20.2 Å². The predicted octanol–water partition coefficient (Wildman–Crippen LogP) is 2.07. The van der Waals surface area contributed by atoms with Crippen molar-refractivity contribution in [2.45, 2.75) is 24.0 Å². The number of hydrogen-bond donors (Lipinski definition) is 0. The van der Waals surface area contributed by atoms with Gasteiger partial charge in [0.15, 0.2) is 0 Å². The number of sulfone groups is 1. The van der Waals surface area contributed by atoms with E-state index in [0.717, 1.165) is 0 Å². The number of aromatic nitrogens is 6. The van der Waals surface area contributed by atoms with Crippen LogP contribution < -0.4 is 4.42 Å². The van der Waals surface area contributed by atoms with Crippen molar-refractivity contribution in [2.75, 3.05) is 5.75 Å². The van der Waals surface area contributed by atoms with Gasteiger partial charge in [0.25, 0.3) is 0 Å². The fourth-order valence-electron chi connectivity index (χ4n) is 2.78. The molecule has 0 aliphatic carbocycles. The number of halogens is 6. The second kappa shape index (κ2) is 7.45. The normalized spacial score (nSPS) is 13.1. The van der Waals surface area contributed by atoms with E-state index in [0.29, 0.717) is 10.5 Å². The number of rotatable bonds is 5. The van der Waals surface area contributed by atoms with Crippen LogP contribution in [0.5, 0.6) is 0 Å². The van der Waals surface area contributed by atoms with Crippen molar-refractivity contribution >= 4 is 35.1 Å². The molecule has 0 saturated heterocycles. The van der Waals surface area contributed by atoms with E-state index in [1.165, 1.54) is 30.2 Å². The van der Waals surface area contributed by atoms with E-state index < -0.39 is 43.8 Å². The number of fused-ring (bicyclic) bond motifs is 1. The van der Waals surface area contributed by atoms with Gasteiger partial charge in [0.2, 0.25) is 0 Å². The van der Waals surface area contributed by atoms with Gasteiger partial charge in [0.05, 0.1) is 0 Å². The van der Waals surface area contributed by atoms with Crippen LogP contribution in [0.25, 0.3) is 22.7 Å². The molecule has 0 N–H and O–H groups in total. The van der Waals surface area contributed by atoms with Gasteiger partial charge in [0, 0.05) is 0 Å². The minimum absolute atomic E-state index is 0.0758. The minimum atomic E-state index is -5.86. The molecule has 0 atom stereocenters. The molecule has 3 aromatic heterocycles. The number of nitrogens with zero attached hydrogens (tertiary/aromatic N) is 6. The Morgan fingerprint density at radius 3 is 2.27 bits per heavy atom. The van der Waals surface area contributed by atoms with Gasteiger partial charge in [0.1, 0.15) is 0 Å². The Morgan fingerprint density at radius 1 is 1.10 bits per heavy atom. The van der Waals surface area contributed by atoms with Gasteiger partial charge in [-0.15, -0.1) is 0 Å². The van der Waals surface area contributed by atoms with Crippen molar-refractivity contribution in [3.05, 3.63) is 11.8 Å².